The summed E-state index contributed by atoms with van der Waals surface area (Å²) in [5.74, 6) is 2.14. The van der Waals surface area contributed by atoms with Gasteiger partial charge in [0.05, 0.1) is 12.2 Å². The molecule has 0 N–H and O–H groups in total. The van der Waals surface area contributed by atoms with Crippen molar-refractivity contribution in [2.75, 3.05) is 39.9 Å². The molecule has 1 fully saturated rings. The Hall–Kier alpha value is -2.57. The maximum absolute atomic E-state index is 13.2. The van der Waals surface area contributed by atoms with Crippen LogP contribution in [0.2, 0.25) is 0 Å². The zero-order valence-electron chi connectivity index (χ0n) is 21.4. The van der Waals surface area contributed by atoms with Gasteiger partial charge in [-0.1, -0.05) is 24.6 Å². The highest BCUT2D eigenvalue weighted by atomic mass is 16.5. The van der Waals surface area contributed by atoms with Crippen LogP contribution in [0.3, 0.4) is 0 Å². The summed E-state index contributed by atoms with van der Waals surface area (Å²) in [6.07, 6.45) is 4.61. The predicted molar refractivity (Wildman–Crippen MR) is 138 cm³/mol. The van der Waals surface area contributed by atoms with Gasteiger partial charge in [0.25, 0.3) is 5.91 Å². The number of hydrogen-bond donors (Lipinski definition) is 0. The van der Waals surface area contributed by atoms with Gasteiger partial charge < -0.3 is 19.1 Å². The van der Waals surface area contributed by atoms with E-state index in [0.717, 1.165) is 69.9 Å². The molecule has 2 heterocycles. The summed E-state index contributed by atoms with van der Waals surface area (Å²) in [5, 5.41) is 0. The largest absolute Gasteiger partial charge is 0.492 e. The lowest BCUT2D eigenvalue weighted by molar-refractivity contribution is -0.00676. The van der Waals surface area contributed by atoms with E-state index in [1.54, 1.807) is 7.11 Å². The van der Waals surface area contributed by atoms with Crippen molar-refractivity contribution in [2.45, 2.75) is 58.3 Å². The number of carbonyl (C=O) groups is 1. The molecule has 2 aliphatic rings. The highest BCUT2D eigenvalue weighted by Gasteiger charge is 2.31. The first-order valence-corrected chi connectivity index (χ1v) is 13.0. The number of nitrogens with zero attached hydrogens (tertiary/aromatic N) is 2. The van der Waals surface area contributed by atoms with Gasteiger partial charge in [0, 0.05) is 44.8 Å². The van der Waals surface area contributed by atoms with Crippen molar-refractivity contribution in [3.63, 3.8) is 0 Å². The van der Waals surface area contributed by atoms with E-state index in [1.165, 1.54) is 5.56 Å². The van der Waals surface area contributed by atoms with Crippen LogP contribution in [0.1, 0.15) is 55.5 Å². The second-order valence-corrected chi connectivity index (χ2v) is 10.0. The second kappa shape index (κ2) is 12.4. The minimum absolute atomic E-state index is 0.0939. The van der Waals surface area contributed by atoms with Crippen molar-refractivity contribution in [1.29, 1.82) is 0 Å². The first kappa shape index (κ1) is 25.5. The van der Waals surface area contributed by atoms with E-state index in [2.05, 4.69) is 29.2 Å². The van der Waals surface area contributed by atoms with Crippen LogP contribution >= 0.6 is 0 Å². The lowest BCUT2D eigenvalue weighted by atomic mass is 9.89. The molecule has 1 saturated heterocycles. The van der Waals surface area contributed by atoms with Crippen LogP contribution in [0.15, 0.2) is 48.5 Å². The fourth-order valence-electron chi connectivity index (χ4n) is 5.19. The van der Waals surface area contributed by atoms with E-state index in [-0.39, 0.29) is 18.1 Å². The van der Waals surface area contributed by atoms with Crippen molar-refractivity contribution in [3.05, 3.63) is 59.7 Å². The van der Waals surface area contributed by atoms with Gasteiger partial charge in [0.15, 0.2) is 0 Å². The smallest absolute Gasteiger partial charge is 0.254 e. The van der Waals surface area contributed by atoms with Crippen LogP contribution in [0.5, 0.6) is 11.5 Å². The molecular weight excluding hydrogens is 440 g/mol. The fraction of sp³-hybridized carbons (Fsp3) is 0.552. The maximum atomic E-state index is 13.2. The van der Waals surface area contributed by atoms with Gasteiger partial charge in [0.1, 0.15) is 18.1 Å². The number of ether oxygens (including phenoxy) is 3. The van der Waals surface area contributed by atoms with Crippen LogP contribution in [0, 0.1) is 5.92 Å². The summed E-state index contributed by atoms with van der Waals surface area (Å²) >= 11 is 0. The van der Waals surface area contributed by atoms with Crippen molar-refractivity contribution in [3.8, 4) is 11.5 Å². The summed E-state index contributed by atoms with van der Waals surface area (Å²) in [5.41, 5.74) is 1.97. The number of piperidine rings is 1. The molecule has 0 unspecified atom stereocenters. The predicted octanol–water partition coefficient (Wildman–Crippen LogP) is 5.02. The van der Waals surface area contributed by atoms with Crippen molar-refractivity contribution in [1.82, 2.24) is 9.80 Å². The normalized spacial score (nSPS) is 22.3. The van der Waals surface area contributed by atoms with Crippen LogP contribution in [-0.2, 0) is 11.3 Å². The minimum atomic E-state index is 0.0939. The topological polar surface area (TPSA) is 51.2 Å². The minimum Gasteiger partial charge on any atom is -0.492 e. The van der Waals surface area contributed by atoms with Crippen LogP contribution in [0.25, 0.3) is 0 Å². The van der Waals surface area contributed by atoms with Gasteiger partial charge in [-0.25, -0.2) is 0 Å². The molecule has 1 amide bonds. The molecule has 0 saturated carbocycles. The Balaban J connectivity index is 1.46. The Morgan fingerprint density at radius 1 is 1.03 bits per heavy atom. The Bertz CT molecular complexity index is 946. The quantitative estimate of drug-likeness (QED) is 0.602. The number of rotatable bonds is 5. The van der Waals surface area contributed by atoms with E-state index < -0.39 is 0 Å². The molecule has 35 heavy (non-hydrogen) atoms. The summed E-state index contributed by atoms with van der Waals surface area (Å²) < 4.78 is 17.7. The van der Waals surface area contributed by atoms with Gasteiger partial charge >= 0.3 is 0 Å². The van der Waals surface area contributed by atoms with Crippen molar-refractivity contribution in [2.24, 2.45) is 5.92 Å². The van der Waals surface area contributed by atoms with Crippen LogP contribution in [0.4, 0.5) is 0 Å². The number of carbonyl (C=O) groups excluding carboxylic acids is 1. The maximum Gasteiger partial charge on any atom is 0.254 e. The summed E-state index contributed by atoms with van der Waals surface area (Å²) in [7, 11) is 1.80. The lowest BCUT2D eigenvalue weighted by Crippen LogP contribution is -2.46. The van der Waals surface area contributed by atoms with E-state index >= 15 is 0 Å². The number of amides is 1. The average molecular weight is 481 g/mol. The molecule has 190 valence electrons. The van der Waals surface area contributed by atoms with E-state index in [0.29, 0.717) is 18.1 Å². The monoisotopic (exact) mass is 480 g/mol. The standard InChI is InChI=1S/C29H40N2O4/c1-22(2)35-26-12-10-23(11-13-26)20-30-15-5-4-7-25-21-31(16-14-28(25)33-3)29(32)24-8-6-9-27(19-24)34-18-17-30/h6,8-13,19,22,25,28H,4-5,7,14-18,20-21H2,1-3H3/t25-,28+/m0/s1. The SMILES string of the molecule is CO[C@@H]1CCN2C[C@@H]1CCCCN(Cc1ccc(OC(C)C)cc1)CCOc1cccc(c1)C2=O. The Morgan fingerprint density at radius 3 is 2.63 bits per heavy atom. The molecule has 2 aromatic rings. The molecule has 2 aromatic carbocycles. The summed E-state index contributed by atoms with van der Waals surface area (Å²) in [6, 6.07) is 16.1. The number of hydrogen-bond acceptors (Lipinski definition) is 5. The molecular formula is C29H40N2O4. The molecule has 4 rings (SSSR count). The fourth-order valence-corrected chi connectivity index (χ4v) is 5.19. The van der Waals surface area contributed by atoms with Crippen LogP contribution in [-0.4, -0.2) is 67.8 Å². The van der Waals surface area contributed by atoms with E-state index in [1.807, 2.05) is 43.0 Å². The van der Waals surface area contributed by atoms with Crippen LogP contribution < -0.4 is 9.47 Å². The molecule has 4 bridgehead atoms. The van der Waals surface area contributed by atoms with Gasteiger partial charge in [0.2, 0.25) is 0 Å². The highest BCUT2D eigenvalue weighted by Crippen LogP contribution is 2.27. The Kier molecular flexibility index (Phi) is 9.05. The van der Waals surface area contributed by atoms with Crippen molar-refractivity contribution >= 4 is 5.91 Å². The summed E-state index contributed by atoms with van der Waals surface area (Å²) in [4.78, 5) is 17.7. The first-order chi connectivity index (χ1) is 17.0. The molecule has 6 nitrogen and oxygen atoms in total. The Labute approximate surface area is 210 Å². The van der Waals surface area contributed by atoms with Gasteiger partial charge in [-0.15, -0.1) is 0 Å². The second-order valence-electron chi connectivity index (χ2n) is 10.0. The third-order valence-electron chi connectivity index (χ3n) is 7.01. The molecule has 0 aromatic heterocycles. The van der Waals surface area contributed by atoms with E-state index in [9.17, 15) is 4.79 Å². The molecule has 2 aliphatic heterocycles. The first-order valence-electron chi connectivity index (χ1n) is 13.0. The van der Waals surface area contributed by atoms with Crippen molar-refractivity contribution < 1.29 is 19.0 Å². The molecule has 6 heteroatoms. The van der Waals surface area contributed by atoms with Gasteiger partial charge in [-0.3, -0.25) is 9.69 Å². The molecule has 0 radical (unpaired) electrons. The molecule has 0 spiro atoms. The lowest BCUT2D eigenvalue weighted by Gasteiger charge is -2.38. The zero-order chi connectivity index (χ0) is 24.6. The summed E-state index contributed by atoms with van der Waals surface area (Å²) in [6.45, 7) is 8.90. The third kappa shape index (κ3) is 7.21. The molecule has 0 aliphatic carbocycles. The highest BCUT2D eigenvalue weighted by molar-refractivity contribution is 5.94. The number of methoxy groups -OCH3 is 1. The van der Waals surface area contributed by atoms with Gasteiger partial charge in [-0.2, -0.15) is 0 Å². The number of benzene rings is 2. The Morgan fingerprint density at radius 2 is 1.86 bits per heavy atom. The van der Waals surface area contributed by atoms with Gasteiger partial charge in [-0.05, 0) is 75.5 Å². The third-order valence-corrected chi connectivity index (χ3v) is 7.01. The average Bonchev–Trinajstić information content (AvgIpc) is 2.86. The van der Waals surface area contributed by atoms with E-state index in [4.69, 9.17) is 14.2 Å². The zero-order valence-corrected chi connectivity index (χ0v) is 21.4. The molecule has 2 atom stereocenters. The number of fused-ring (bicyclic) bond motifs is 4.